The molecule has 82 valence electrons. The zero-order valence-electron chi connectivity index (χ0n) is 9.49. The molecule has 2 heteroatoms. The van der Waals surface area contributed by atoms with Crippen molar-refractivity contribution < 1.29 is 4.74 Å². The van der Waals surface area contributed by atoms with Crippen molar-refractivity contribution in [3.05, 3.63) is 42.5 Å². The second-order valence-corrected chi connectivity index (χ2v) is 3.73. The largest absolute Gasteiger partial charge is 0.497 e. The Balaban J connectivity index is 2.96. The van der Waals surface area contributed by atoms with Crippen LogP contribution in [0.2, 0.25) is 0 Å². The number of rotatable bonds is 5. The van der Waals surface area contributed by atoms with Crippen LogP contribution < -0.4 is 10.5 Å². The Bertz CT molecular complexity index is 318. The molecule has 0 spiro atoms. The molecule has 0 radical (unpaired) electrons. The van der Waals surface area contributed by atoms with Gasteiger partial charge < -0.3 is 10.5 Å². The molecule has 1 unspecified atom stereocenters. The highest BCUT2D eigenvalue weighted by Gasteiger charge is 2.23. The van der Waals surface area contributed by atoms with Crippen LogP contribution in [0.5, 0.6) is 5.75 Å². The van der Waals surface area contributed by atoms with E-state index < -0.39 is 0 Å². The second kappa shape index (κ2) is 4.99. The minimum atomic E-state index is -0.298. The summed E-state index contributed by atoms with van der Waals surface area (Å²) in [5.41, 5.74) is 7.14. The quantitative estimate of drug-likeness (QED) is 0.750. The topological polar surface area (TPSA) is 35.2 Å². The Kier molecular flexibility index (Phi) is 3.92. The Morgan fingerprint density at radius 1 is 1.40 bits per heavy atom. The van der Waals surface area contributed by atoms with E-state index in [0.29, 0.717) is 0 Å². The van der Waals surface area contributed by atoms with Crippen molar-refractivity contribution in [1.29, 1.82) is 0 Å². The van der Waals surface area contributed by atoms with Crippen molar-refractivity contribution in [3.8, 4) is 5.75 Å². The van der Waals surface area contributed by atoms with E-state index in [1.807, 2.05) is 30.3 Å². The van der Waals surface area contributed by atoms with Crippen molar-refractivity contribution in [2.24, 2.45) is 5.73 Å². The van der Waals surface area contributed by atoms with Gasteiger partial charge in [-0.2, -0.15) is 0 Å². The summed E-state index contributed by atoms with van der Waals surface area (Å²) in [4.78, 5) is 0. The van der Waals surface area contributed by atoms with Crippen molar-refractivity contribution in [1.82, 2.24) is 0 Å². The van der Waals surface area contributed by atoms with Gasteiger partial charge in [0.1, 0.15) is 5.75 Å². The fourth-order valence-electron chi connectivity index (χ4n) is 1.65. The van der Waals surface area contributed by atoms with E-state index in [1.54, 1.807) is 7.11 Å². The van der Waals surface area contributed by atoms with Gasteiger partial charge in [0.05, 0.1) is 7.11 Å². The van der Waals surface area contributed by atoms with Crippen LogP contribution >= 0.6 is 0 Å². The first-order chi connectivity index (χ1) is 7.16. The van der Waals surface area contributed by atoms with Gasteiger partial charge in [-0.25, -0.2) is 0 Å². The lowest BCUT2D eigenvalue weighted by atomic mass is 9.85. The summed E-state index contributed by atoms with van der Waals surface area (Å²) in [7, 11) is 1.66. The van der Waals surface area contributed by atoms with Gasteiger partial charge in [-0.15, -0.1) is 6.58 Å². The van der Waals surface area contributed by atoms with Crippen molar-refractivity contribution in [2.75, 3.05) is 7.11 Å². The Morgan fingerprint density at radius 2 is 2.00 bits per heavy atom. The number of hydrogen-bond donors (Lipinski definition) is 1. The van der Waals surface area contributed by atoms with Crippen molar-refractivity contribution in [3.63, 3.8) is 0 Å². The van der Waals surface area contributed by atoms with Crippen LogP contribution in [-0.4, -0.2) is 7.11 Å². The molecule has 0 saturated carbocycles. The zero-order valence-corrected chi connectivity index (χ0v) is 9.49. The SMILES string of the molecule is C=CCC(N)(CC)c1ccc(OC)cc1. The van der Waals surface area contributed by atoms with Gasteiger partial charge in [-0.1, -0.05) is 25.1 Å². The molecule has 1 atom stereocenters. The molecule has 0 fully saturated rings. The van der Waals surface area contributed by atoms with Crippen LogP contribution in [0.25, 0.3) is 0 Å². The lowest BCUT2D eigenvalue weighted by Gasteiger charge is -2.27. The van der Waals surface area contributed by atoms with Gasteiger partial charge in [-0.05, 0) is 30.5 Å². The Labute approximate surface area is 91.7 Å². The minimum Gasteiger partial charge on any atom is -0.497 e. The smallest absolute Gasteiger partial charge is 0.118 e. The van der Waals surface area contributed by atoms with E-state index in [4.69, 9.17) is 10.5 Å². The average Bonchev–Trinajstić information content (AvgIpc) is 2.29. The molecule has 0 aliphatic carbocycles. The molecule has 0 aliphatic heterocycles. The van der Waals surface area contributed by atoms with Gasteiger partial charge in [0.25, 0.3) is 0 Å². The first kappa shape index (κ1) is 11.8. The van der Waals surface area contributed by atoms with Crippen LogP contribution in [-0.2, 0) is 5.54 Å². The van der Waals surface area contributed by atoms with Crippen LogP contribution in [0.15, 0.2) is 36.9 Å². The van der Waals surface area contributed by atoms with Gasteiger partial charge >= 0.3 is 0 Å². The fraction of sp³-hybridized carbons (Fsp3) is 0.385. The summed E-state index contributed by atoms with van der Waals surface area (Å²) >= 11 is 0. The van der Waals surface area contributed by atoms with E-state index >= 15 is 0 Å². The molecule has 0 amide bonds. The van der Waals surface area contributed by atoms with E-state index in [-0.39, 0.29) is 5.54 Å². The van der Waals surface area contributed by atoms with Crippen LogP contribution in [0, 0.1) is 0 Å². The number of nitrogens with two attached hydrogens (primary N) is 1. The number of ether oxygens (including phenoxy) is 1. The summed E-state index contributed by atoms with van der Waals surface area (Å²) in [6.07, 6.45) is 3.55. The molecule has 15 heavy (non-hydrogen) atoms. The maximum atomic E-state index is 6.31. The predicted octanol–water partition coefficient (Wildman–Crippen LogP) is 2.84. The van der Waals surface area contributed by atoms with Crippen LogP contribution in [0.3, 0.4) is 0 Å². The molecule has 0 saturated heterocycles. The molecular weight excluding hydrogens is 186 g/mol. The Morgan fingerprint density at radius 3 is 2.40 bits per heavy atom. The van der Waals surface area contributed by atoms with E-state index in [1.165, 1.54) is 0 Å². The molecular formula is C13H19NO. The normalized spacial score (nSPS) is 14.3. The molecule has 1 rings (SSSR count). The Hall–Kier alpha value is -1.28. The second-order valence-electron chi connectivity index (χ2n) is 3.73. The van der Waals surface area contributed by atoms with Gasteiger partial charge in [-0.3, -0.25) is 0 Å². The van der Waals surface area contributed by atoms with Gasteiger partial charge in [0, 0.05) is 5.54 Å². The zero-order chi connectivity index (χ0) is 11.3. The van der Waals surface area contributed by atoms with E-state index in [9.17, 15) is 0 Å². The van der Waals surface area contributed by atoms with Gasteiger partial charge in [0.15, 0.2) is 0 Å². The lowest BCUT2D eigenvalue weighted by Crippen LogP contribution is -2.35. The maximum Gasteiger partial charge on any atom is 0.118 e. The number of hydrogen-bond acceptors (Lipinski definition) is 2. The summed E-state index contributed by atoms with van der Waals surface area (Å²) in [5, 5.41) is 0. The highest BCUT2D eigenvalue weighted by molar-refractivity contribution is 5.32. The fourth-order valence-corrected chi connectivity index (χ4v) is 1.65. The van der Waals surface area contributed by atoms with E-state index in [2.05, 4.69) is 13.5 Å². The molecule has 0 aromatic heterocycles. The minimum absolute atomic E-state index is 0.298. The van der Waals surface area contributed by atoms with Crippen LogP contribution in [0.1, 0.15) is 25.3 Å². The predicted molar refractivity (Wildman–Crippen MR) is 64.0 cm³/mol. The third kappa shape index (κ3) is 2.60. The molecule has 0 bridgehead atoms. The standard InChI is InChI=1S/C13H19NO/c1-4-10-13(14,5-2)11-6-8-12(15-3)9-7-11/h4,6-9H,1,5,10,14H2,2-3H3. The maximum absolute atomic E-state index is 6.31. The average molecular weight is 205 g/mol. The lowest BCUT2D eigenvalue weighted by molar-refractivity contribution is 0.410. The third-order valence-electron chi connectivity index (χ3n) is 2.80. The summed E-state index contributed by atoms with van der Waals surface area (Å²) in [5.74, 6) is 0.857. The molecule has 2 nitrogen and oxygen atoms in total. The van der Waals surface area contributed by atoms with Crippen molar-refractivity contribution >= 4 is 0 Å². The highest BCUT2D eigenvalue weighted by Crippen LogP contribution is 2.27. The molecule has 2 N–H and O–H groups in total. The summed E-state index contributed by atoms with van der Waals surface area (Å²) < 4.78 is 5.11. The first-order valence-corrected chi connectivity index (χ1v) is 5.20. The third-order valence-corrected chi connectivity index (χ3v) is 2.80. The molecule has 0 heterocycles. The summed E-state index contributed by atoms with van der Waals surface area (Å²) in [6, 6.07) is 7.92. The number of methoxy groups -OCH3 is 1. The molecule has 1 aromatic rings. The van der Waals surface area contributed by atoms with Gasteiger partial charge in [0.2, 0.25) is 0 Å². The van der Waals surface area contributed by atoms with Crippen LogP contribution in [0.4, 0.5) is 0 Å². The molecule has 0 aliphatic rings. The first-order valence-electron chi connectivity index (χ1n) is 5.20. The molecule has 1 aromatic carbocycles. The van der Waals surface area contributed by atoms with Crippen molar-refractivity contribution in [2.45, 2.75) is 25.3 Å². The summed E-state index contributed by atoms with van der Waals surface area (Å²) in [6.45, 7) is 5.84. The monoisotopic (exact) mass is 205 g/mol. The number of benzene rings is 1. The van der Waals surface area contributed by atoms with E-state index in [0.717, 1.165) is 24.2 Å². The highest BCUT2D eigenvalue weighted by atomic mass is 16.5.